The first-order valence-corrected chi connectivity index (χ1v) is 10.0. The predicted molar refractivity (Wildman–Crippen MR) is 123 cm³/mol. The molecule has 1 aliphatic rings. The summed E-state index contributed by atoms with van der Waals surface area (Å²) < 4.78 is 0. The van der Waals surface area contributed by atoms with Crippen molar-refractivity contribution in [1.82, 2.24) is 15.2 Å². The van der Waals surface area contributed by atoms with Gasteiger partial charge in [0.2, 0.25) is 0 Å². The molecule has 0 saturated carbocycles. The number of benzene rings is 2. The predicted octanol–water partition coefficient (Wildman–Crippen LogP) is 3.61. The van der Waals surface area contributed by atoms with E-state index in [1.807, 2.05) is 68.4 Å². The van der Waals surface area contributed by atoms with Crippen molar-refractivity contribution in [3.63, 3.8) is 0 Å². The van der Waals surface area contributed by atoms with E-state index in [-0.39, 0.29) is 11.5 Å². The Morgan fingerprint density at radius 1 is 1.10 bits per heavy atom. The third-order valence-electron chi connectivity index (χ3n) is 5.40. The molecule has 0 fully saturated rings. The molecule has 0 saturated heterocycles. The second-order valence-corrected chi connectivity index (χ2v) is 7.79. The molecule has 1 unspecified atom stereocenters. The third-order valence-corrected chi connectivity index (χ3v) is 5.79. The van der Waals surface area contributed by atoms with Gasteiger partial charge in [0, 0.05) is 29.5 Å². The molecule has 6 nitrogen and oxygen atoms in total. The SMILES string of the molecule is CC1=C(C(=O)Nc2ccc(C)cc2)C(c2cc3ccccc3[nH]c2=O)NC(=S)N1C. The number of hydrogen-bond acceptors (Lipinski definition) is 3. The van der Waals surface area contributed by atoms with Gasteiger partial charge in [-0.3, -0.25) is 9.59 Å². The average molecular weight is 419 g/mol. The molecule has 0 radical (unpaired) electrons. The summed E-state index contributed by atoms with van der Waals surface area (Å²) in [7, 11) is 1.80. The number of rotatable bonds is 3. The number of pyridine rings is 1. The van der Waals surface area contributed by atoms with Crippen LogP contribution in [0, 0.1) is 6.92 Å². The Morgan fingerprint density at radius 3 is 2.53 bits per heavy atom. The van der Waals surface area contributed by atoms with E-state index in [1.165, 1.54) is 0 Å². The standard InChI is InChI=1S/C23H22N4O2S/c1-13-8-10-16(11-9-13)24-22(29)19-14(2)27(3)23(30)26-20(19)17-12-15-6-4-5-7-18(15)25-21(17)28/h4-12,20H,1-3H3,(H,24,29)(H,25,28)(H,26,30). The Labute approximate surface area is 179 Å². The topological polar surface area (TPSA) is 77.2 Å². The molecule has 3 aromatic rings. The molecular weight excluding hydrogens is 396 g/mol. The summed E-state index contributed by atoms with van der Waals surface area (Å²) in [5, 5.41) is 7.44. The van der Waals surface area contributed by atoms with E-state index >= 15 is 0 Å². The maximum atomic E-state index is 13.3. The normalized spacial score (nSPS) is 16.6. The van der Waals surface area contributed by atoms with Crippen molar-refractivity contribution in [2.24, 2.45) is 0 Å². The van der Waals surface area contributed by atoms with Crippen LogP contribution in [0.2, 0.25) is 0 Å². The van der Waals surface area contributed by atoms with Crippen molar-refractivity contribution < 1.29 is 4.79 Å². The highest BCUT2D eigenvalue weighted by Crippen LogP contribution is 2.30. The molecule has 3 N–H and O–H groups in total. The Kier molecular flexibility index (Phi) is 5.13. The lowest BCUT2D eigenvalue weighted by molar-refractivity contribution is -0.113. The van der Waals surface area contributed by atoms with Gasteiger partial charge in [-0.2, -0.15) is 0 Å². The molecule has 1 atom stereocenters. The fraction of sp³-hybridized carbons (Fsp3) is 0.174. The van der Waals surface area contributed by atoms with E-state index < -0.39 is 6.04 Å². The second-order valence-electron chi connectivity index (χ2n) is 7.40. The van der Waals surface area contributed by atoms with Gasteiger partial charge in [-0.25, -0.2) is 0 Å². The third kappa shape index (κ3) is 3.59. The number of aromatic nitrogens is 1. The Hall–Kier alpha value is -3.45. The number of thiocarbonyl (C=S) groups is 1. The van der Waals surface area contributed by atoms with E-state index in [1.54, 1.807) is 11.9 Å². The number of aryl methyl sites for hydroxylation is 1. The van der Waals surface area contributed by atoms with Crippen LogP contribution in [0.4, 0.5) is 5.69 Å². The van der Waals surface area contributed by atoms with Crippen LogP contribution in [0.5, 0.6) is 0 Å². The van der Waals surface area contributed by atoms with Crippen molar-refractivity contribution in [1.29, 1.82) is 0 Å². The summed E-state index contributed by atoms with van der Waals surface area (Å²) in [5.74, 6) is -0.282. The zero-order chi connectivity index (χ0) is 21.4. The molecule has 1 aliphatic heterocycles. The van der Waals surface area contributed by atoms with Gasteiger partial charge in [0.1, 0.15) is 0 Å². The summed E-state index contributed by atoms with van der Waals surface area (Å²) in [6, 6.07) is 16.3. The van der Waals surface area contributed by atoms with Crippen LogP contribution < -0.4 is 16.2 Å². The highest BCUT2D eigenvalue weighted by Gasteiger charge is 2.34. The van der Waals surface area contributed by atoms with Gasteiger partial charge in [0.15, 0.2) is 5.11 Å². The van der Waals surface area contributed by atoms with Crippen molar-refractivity contribution in [2.75, 3.05) is 12.4 Å². The quantitative estimate of drug-likeness (QED) is 0.567. The number of para-hydroxylation sites is 1. The van der Waals surface area contributed by atoms with Crippen molar-refractivity contribution in [2.45, 2.75) is 19.9 Å². The van der Waals surface area contributed by atoms with E-state index in [0.717, 1.165) is 16.5 Å². The molecule has 152 valence electrons. The molecule has 2 heterocycles. The van der Waals surface area contributed by atoms with Crippen molar-refractivity contribution in [3.05, 3.63) is 87.3 Å². The Morgan fingerprint density at radius 2 is 1.80 bits per heavy atom. The van der Waals surface area contributed by atoms with Gasteiger partial charge >= 0.3 is 0 Å². The molecule has 0 spiro atoms. The zero-order valence-electron chi connectivity index (χ0n) is 16.9. The van der Waals surface area contributed by atoms with Crippen LogP contribution in [-0.2, 0) is 4.79 Å². The second kappa shape index (κ2) is 7.76. The maximum Gasteiger partial charge on any atom is 0.255 e. The number of carbonyl (C=O) groups is 1. The van der Waals surface area contributed by atoms with E-state index in [2.05, 4.69) is 15.6 Å². The summed E-state index contributed by atoms with van der Waals surface area (Å²) in [4.78, 5) is 30.8. The monoisotopic (exact) mass is 418 g/mol. The van der Waals surface area contributed by atoms with Crippen LogP contribution in [0.25, 0.3) is 10.9 Å². The average Bonchev–Trinajstić information content (AvgIpc) is 2.73. The number of nitrogens with zero attached hydrogens (tertiary/aromatic N) is 1. The van der Waals surface area contributed by atoms with Gasteiger partial charge in [-0.05, 0) is 55.7 Å². The maximum absolute atomic E-state index is 13.3. The summed E-state index contributed by atoms with van der Waals surface area (Å²) in [6.07, 6.45) is 0. The van der Waals surface area contributed by atoms with Crippen LogP contribution in [0.15, 0.2) is 70.7 Å². The summed E-state index contributed by atoms with van der Waals surface area (Å²) in [5.41, 5.74) is 3.87. The molecule has 1 aromatic heterocycles. The Balaban J connectivity index is 1.80. The minimum absolute atomic E-state index is 0.257. The van der Waals surface area contributed by atoms with Crippen LogP contribution in [0.3, 0.4) is 0 Å². The number of carbonyl (C=O) groups excluding carboxylic acids is 1. The molecule has 0 bridgehead atoms. The highest BCUT2D eigenvalue weighted by atomic mass is 32.1. The smallest absolute Gasteiger partial charge is 0.255 e. The first-order chi connectivity index (χ1) is 14.3. The number of hydrogen-bond donors (Lipinski definition) is 3. The molecule has 30 heavy (non-hydrogen) atoms. The number of amides is 1. The summed E-state index contributed by atoms with van der Waals surface area (Å²) >= 11 is 5.44. The van der Waals surface area contributed by atoms with Crippen LogP contribution >= 0.6 is 12.2 Å². The Bertz CT molecular complexity index is 1240. The van der Waals surface area contributed by atoms with E-state index in [4.69, 9.17) is 12.2 Å². The lowest BCUT2D eigenvalue weighted by atomic mass is 9.94. The number of allylic oxidation sites excluding steroid dienone is 1. The van der Waals surface area contributed by atoms with Crippen molar-refractivity contribution >= 4 is 39.8 Å². The minimum Gasteiger partial charge on any atom is -0.351 e. The number of anilines is 1. The molecule has 4 rings (SSSR count). The molecule has 7 heteroatoms. The zero-order valence-corrected chi connectivity index (χ0v) is 17.8. The van der Waals surface area contributed by atoms with Gasteiger partial charge in [0.05, 0.1) is 11.6 Å². The number of aromatic amines is 1. The molecule has 1 amide bonds. The minimum atomic E-state index is -0.660. The van der Waals surface area contributed by atoms with E-state index in [9.17, 15) is 9.59 Å². The molecule has 0 aliphatic carbocycles. The number of nitrogens with one attached hydrogen (secondary N) is 3. The lowest BCUT2D eigenvalue weighted by Gasteiger charge is -2.35. The fourth-order valence-electron chi connectivity index (χ4n) is 3.58. The van der Waals surface area contributed by atoms with Crippen LogP contribution in [0.1, 0.15) is 24.1 Å². The van der Waals surface area contributed by atoms with Gasteiger partial charge in [0.25, 0.3) is 11.5 Å². The summed E-state index contributed by atoms with van der Waals surface area (Å²) in [6.45, 7) is 3.82. The number of fused-ring (bicyclic) bond motifs is 1. The van der Waals surface area contributed by atoms with Gasteiger partial charge in [-0.1, -0.05) is 35.9 Å². The largest absolute Gasteiger partial charge is 0.351 e. The van der Waals surface area contributed by atoms with Crippen LogP contribution in [-0.4, -0.2) is 28.0 Å². The van der Waals surface area contributed by atoms with Crippen molar-refractivity contribution in [3.8, 4) is 0 Å². The van der Waals surface area contributed by atoms with E-state index in [0.29, 0.717) is 27.6 Å². The number of H-pyrrole nitrogens is 1. The first kappa shape index (κ1) is 19.8. The van der Waals surface area contributed by atoms with Gasteiger partial charge in [-0.15, -0.1) is 0 Å². The fourth-order valence-corrected chi connectivity index (χ4v) is 3.83. The lowest BCUT2D eigenvalue weighted by Crippen LogP contribution is -2.47. The molecular formula is C23H22N4O2S. The first-order valence-electron chi connectivity index (χ1n) is 9.60. The van der Waals surface area contributed by atoms with Gasteiger partial charge < -0.3 is 20.5 Å². The highest BCUT2D eigenvalue weighted by molar-refractivity contribution is 7.80. The molecule has 2 aromatic carbocycles.